The van der Waals surface area contributed by atoms with Crippen molar-refractivity contribution in [2.75, 3.05) is 6.54 Å². The monoisotopic (exact) mass is 272 g/mol. The number of likely N-dealkylation sites (tertiary alicyclic amines) is 1. The van der Waals surface area contributed by atoms with E-state index in [1.54, 1.807) is 17.0 Å². The van der Waals surface area contributed by atoms with Gasteiger partial charge < -0.3 is 15.1 Å². The molecule has 5 heteroatoms. The van der Waals surface area contributed by atoms with Crippen LogP contribution in [0.25, 0.3) is 0 Å². The van der Waals surface area contributed by atoms with Crippen molar-refractivity contribution < 1.29 is 9.21 Å². The fraction of sp³-hybridized carbons (Fsp3) is 0.500. The molecule has 0 spiro atoms. The Balaban J connectivity index is 2.15. The Morgan fingerprint density at radius 1 is 1.67 bits per heavy atom. The summed E-state index contributed by atoms with van der Waals surface area (Å²) in [5.74, 6) is 0.281. The molecule has 2 N–H and O–H groups in total. The van der Waals surface area contributed by atoms with Crippen molar-refractivity contribution in [3.05, 3.63) is 22.6 Å². The van der Waals surface area contributed by atoms with E-state index >= 15 is 0 Å². The molecule has 0 saturated carbocycles. The van der Waals surface area contributed by atoms with Crippen molar-refractivity contribution >= 4 is 21.8 Å². The van der Waals surface area contributed by atoms with Gasteiger partial charge in [0.05, 0.1) is 0 Å². The molecule has 0 aliphatic carbocycles. The minimum atomic E-state index is -0.0823. The Bertz CT molecular complexity index is 377. The highest BCUT2D eigenvalue weighted by Crippen LogP contribution is 2.21. The van der Waals surface area contributed by atoms with Gasteiger partial charge in [0.25, 0.3) is 5.91 Å². The summed E-state index contributed by atoms with van der Waals surface area (Å²) in [4.78, 5) is 13.7. The fourth-order valence-corrected chi connectivity index (χ4v) is 2.13. The molecule has 2 heterocycles. The van der Waals surface area contributed by atoms with Gasteiger partial charge in [-0.25, -0.2) is 0 Å². The highest BCUT2D eigenvalue weighted by atomic mass is 79.9. The van der Waals surface area contributed by atoms with E-state index in [-0.39, 0.29) is 18.0 Å². The first-order chi connectivity index (χ1) is 7.09. The molecule has 82 valence electrons. The number of rotatable bonds is 1. The smallest absolute Gasteiger partial charge is 0.289 e. The van der Waals surface area contributed by atoms with Crippen LogP contribution in [0.4, 0.5) is 0 Å². The predicted octanol–water partition coefficient (Wildman–Crippen LogP) is 1.60. The zero-order valence-electron chi connectivity index (χ0n) is 8.44. The van der Waals surface area contributed by atoms with Crippen molar-refractivity contribution in [1.29, 1.82) is 0 Å². The second kappa shape index (κ2) is 3.98. The number of carbonyl (C=O) groups is 1. The number of halogens is 1. The summed E-state index contributed by atoms with van der Waals surface area (Å²) in [6.07, 6.45) is 0.856. The third kappa shape index (κ3) is 1.94. The van der Waals surface area contributed by atoms with E-state index in [1.807, 2.05) is 6.92 Å². The van der Waals surface area contributed by atoms with Crippen molar-refractivity contribution in [2.24, 2.45) is 5.73 Å². The van der Waals surface area contributed by atoms with Crippen LogP contribution < -0.4 is 5.73 Å². The molecule has 1 aliphatic rings. The van der Waals surface area contributed by atoms with E-state index in [4.69, 9.17) is 10.2 Å². The van der Waals surface area contributed by atoms with Gasteiger partial charge in [0.1, 0.15) is 0 Å². The van der Waals surface area contributed by atoms with E-state index in [0.29, 0.717) is 17.0 Å². The molecular formula is C10H13BrN2O2. The SMILES string of the molecule is CC1C(N)CCN1C(=O)c1ccc(Br)o1. The molecule has 1 aromatic heterocycles. The Morgan fingerprint density at radius 3 is 2.87 bits per heavy atom. The van der Waals surface area contributed by atoms with Crippen molar-refractivity contribution in [3.63, 3.8) is 0 Å². The first-order valence-electron chi connectivity index (χ1n) is 4.91. The molecule has 1 fully saturated rings. The zero-order chi connectivity index (χ0) is 11.0. The van der Waals surface area contributed by atoms with Crippen molar-refractivity contribution in [1.82, 2.24) is 4.90 Å². The first-order valence-corrected chi connectivity index (χ1v) is 5.71. The van der Waals surface area contributed by atoms with Crippen LogP contribution in [0.5, 0.6) is 0 Å². The molecule has 1 amide bonds. The van der Waals surface area contributed by atoms with Gasteiger partial charge in [-0.2, -0.15) is 0 Å². The van der Waals surface area contributed by atoms with E-state index in [9.17, 15) is 4.79 Å². The lowest BCUT2D eigenvalue weighted by Crippen LogP contribution is -2.40. The van der Waals surface area contributed by atoms with E-state index < -0.39 is 0 Å². The summed E-state index contributed by atoms with van der Waals surface area (Å²) < 4.78 is 5.80. The Morgan fingerprint density at radius 2 is 2.40 bits per heavy atom. The molecule has 15 heavy (non-hydrogen) atoms. The standard InChI is InChI=1S/C10H13BrN2O2/c1-6-7(12)4-5-13(6)10(14)8-2-3-9(11)15-8/h2-3,6-7H,4-5,12H2,1H3. The average Bonchev–Trinajstić information content (AvgIpc) is 2.75. The summed E-state index contributed by atoms with van der Waals surface area (Å²) in [6.45, 7) is 2.67. The van der Waals surface area contributed by atoms with Crippen LogP contribution in [-0.4, -0.2) is 29.4 Å². The Hall–Kier alpha value is -0.810. The lowest BCUT2D eigenvalue weighted by molar-refractivity contribution is 0.0709. The molecule has 0 radical (unpaired) electrons. The largest absolute Gasteiger partial charge is 0.444 e. The Labute approximate surface area is 96.5 Å². The molecule has 1 aliphatic heterocycles. The number of hydrogen-bond donors (Lipinski definition) is 1. The topological polar surface area (TPSA) is 59.5 Å². The second-order valence-electron chi connectivity index (χ2n) is 3.80. The van der Waals surface area contributed by atoms with Gasteiger partial charge in [0.2, 0.25) is 0 Å². The number of nitrogens with two attached hydrogens (primary N) is 1. The van der Waals surface area contributed by atoms with Crippen LogP contribution >= 0.6 is 15.9 Å². The van der Waals surface area contributed by atoms with Gasteiger partial charge in [-0.1, -0.05) is 0 Å². The predicted molar refractivity (Wildman–Crippen MR) is 59.5 cm³/mol. The zero-order valence-corrected chi connectivity index (χ0v) is 10.0. The van der Waals surface area contributed by atoms with Gasteiger partial charge in [0, 0.05) is 18.6 Å². The maximum Gasteiger partial charge on any atom is 0.289 e. The maximum atomic E-state index is 12.0. The van der Waals surface area contributed by atoms with Crippen molar-refractivity contribution in [2.45, 2.75) is 25.4 Å². The lowest BCUT2D eigenvalue weighted by Gasteiger charge is -2.21. The van der Waals surface area contributed by atoms with E-state index in [0.717, 1.165) is 6.42 Å². The van der Waals surface area contributed by atoms with Crippen LogP contribution in [0, 0.1) is 0 Å². The summed E-state index contributed by atoms with van der Waals surface area (Å²) >= 11 is 3.17. The minimum absolute atomic E-state index is 0.0763. The molecule has 1 saturated heterocycles. The van der Waals surface area contributed by atoms with Crippen LogP contribution in [-0.2, 0) is 0 Å². The van der Waals surface area contributed by atoms with Gasteiger partial charge in [-0.15, -0.1) is 0 Å². The molecule has 2 unspecified atom stereocenters. The van der Waals surface area contributed by atoms with Gasteiger partial charge in [0.15, 0.2) is 10.4 Å². The van der Waals surface area contributed by atoms with Gasteiger partial charge in [-0.3, -0.25) is 4.79 Å². The summed E-state index contributed by atoms with van der Waals surface area (Å²) in [6, 6.07) is 3.55. The highest BCUT2D eigenvalue weighted by Gasteiger charge is 2.33. The molecule has 0 bridgehead atoms. The second-order valence-corrected chi connectivity index (χ2v) is 4.58. The highest BCUT2D eigenvalue weighted by molar-refractivity contribution is 9.10. The number of hydrogen-bond acceptors (Lipinski definition) is 3. The minimum Gasteiger partial charge on any atom is -0.444 e. The normalized spacial score (nSPS) is 25.9. The maximum absolute atomic E-state index is 12.0. The summed E-state index contributed by atoms with van der Waals surface area (Å²) in [5, 5.41) is 0. The van der Waals surface area contributed by atoms with Crippen LogP contribution in [0.2, 0.25) is 0 Å². The van der Waals surface area contributed by atoms with E-state index in [1.165, 1.54) is 0 Å². The molecule has 2 rings (SSSR count). The molecule has 0 aromatic carbocycles. The number of carbonyl (C=O) groups excluding carboxylic acids is 1. The lowest BCUT2D eigenvalue weighted by atomic mass is 10.2. The number of furan rings is 1. The average molecular weight is 273 g/mol. The van der Waals surface area contributed by atoms with Crippen LogP contribution in [0.15, 0.2) is 21.2 Å². The molecular weight excluding hydrogens is 260 g/mol. The number of amides is 1. The summed E-state index contributed by atoms with van der Waals surface area (Å²) in [7, 11) is 0. The first kappa shape index (κ1) is 10.7. The molecule has 2 atom stereocenters. The summed E-state index contributed by atoms with van der Waals surface area (Å²) in [5.41, 5.74) is 5.86. The van der Waals surface area contributed by atoms with Crippen LogP contribution in [0.1, 0.15) is 23.9 Å². The van der Waals surface area contributed by atoms with Gasteiger partial charge >= 0.3 is 0 Å². The molecule has 1 aromatic rings. The third-order valence-corrected chi connectivity index (χ3v) is 3.29. The van der Waals surface area contributed by atoms with E-state index in [2.05, 4.69) is 15.9 Å². The molecule has 4 nitrogen and oxygen atoms in total. The fourth-order valence-electron chi connectivity index (χ4n) is 1.82. The quantitative estimate of drug-likeness (QED) is 0.845. The van der Waals surface area contributed by atoms with Crippen molar-refractivity contribution in [3.8, 4) is 0 Å². The van der Waals surface area contributed by atoms with Crippen LogP contribution in [0.3, 0.4) is 0 Å². The Kier molecular flexibility index (Phi) is 2.84. The van der Waals surface area contributed by atoms with Gasteiger partial charge in [-0.05, 0) is 41.4 Å². The third-order valence-electron chi connectivity index (χ3n) is 2.86. The number of nitrogens with zero attached hydrogens (tertiary/aromatic N) is 1.